The van der Waals surface area contributed by atoms with Crippen molar-refractivity contribution in [2.24, 2.45) is 0 Å². The first kappa shape index (κ1) is 16.6. The smallest absolute Gasteiger partial charge is 0.134 e. The summed E-state index contributed by atoms with van der Waals surface area (Å²) in [6.07, 6.45) is 0.363. The van der Waals surface area contributed by atoms with Crippen molar-refractivity contribution in [3.63, 3.8) is 0 Å². The molecule has 0 radical (unpaired) electrons. The van der Waals surface area contributed by atoms with Crippen molar-refractivity contribution in [1.29, 1.82) is 0 Å². The molecule has 1 atom stereocenters. The molecule has 0 aliphatic carbocycles. The number of nitrogens with one attached hydrogen (secondary N) is 1. The molecule has 0 spiro atoms. The van der Waals surface area contributed by atoms with Crippen molar-refractivity contribution >= 4 is 11.0 Å². The molecule has 126 valence electrons. The second kappa shape index (κ2) is 7.99. The van der Waals surface area contributed by atoms with Gasteiger partial charge in [-0.1, -0.05) is 30.3 Å². The standard InChI is InChI=1S/C20H23NO3/c1-15-11-17-8-7-16(12-20(17)24-15)9-10-21-13-18(22)14-23-19-5-3-2-4-6-19/h2-8,11-12,18,21-22H,9-10,13-14H2,1H3. The number of aliphatic hydroxyl groups is 1. The lowest BCUT2D eigenvalue weighted by molar-refractivity contribution is 0.106. The number of hydrogen-bond donors (Lipinski definition) is 2. The van der Waals surface area contributed by atoms with E-state index in [0.29, 0.717) is 6.54 Å². The Labute approximate surface area is 142 Å². The molecule has 2 N–H and O–H groups in total. The molecule has 4 heteroatoms. The Hall–Kier alpha value is -2.30. The van der Waals surface area contributed by atoms with E-state index in [0.717, 1.165) is 35.4 Å². The number of aliphatic hydroxyl groups excluding tert-OH is 1. The van der Waals surface area contributed by atoms with Gasteiger partial charge in [-0.05, 0) is 49.7 Å². The van der Waals surface area contributed by atoms with Crippen LogP contribution in [0.1, 0.15) is 11.3 Å². The lowest BCUT2D eigenvalue weighted by Crippen LogP contribution is -2.32. The maximum atomic E-state index is 9.95. The normalized spacial score (nSPS) is 12.4. The van der Waals surface area contributed by atoms with Crippen LogP contribution in [-0.4, -0.2) is 30.9 Å². The van der Waals surface area contributed by atoms with E-state index >= 15 is 0 Å². The van der Waals surface area contributed by atoms with E-state index < -0.39 is 6.10 Å². The first-order valence-electron chi connectivity index (χ1n) is 8.26. The highest BCUT2D eigenvalue weighted by atomic mass is 16.5. The lowest BCUT2D eigenvalue weighted by atomic mass is 10.1. The largest absolute Gasteiger partial charge is 0.491 e. The molecule has 4 nitrogen and oxygen atoms in total. The van der Waals surface area contributed by atoms with Crippen molar-refractivity contribution in [3.05, 3.63) is 65.9 Å². The number of furan rings is 1. The van der Waals surface area contributed by atoms with E-state index in [1.54, 1.807) is 0 Å². The quantitative estimate of drug-likeness (QED) is 0.624. The Morgan fingerprint density at radius 2 is 1.96 bits per heavy atom. The Kier molecular flexibility index (Phi) is 5.51. The number of benzene rings is 2. The molecule has 0 saturated heterocycles. The fraction of sp³-hybridized carbons (Fsp3) is 0.300. The van der Waals surface area contributed by atoms with Crippen LogP contribution in [0.5, 0.6) is 5.75 Å². The molecule has 0 fully saturated rings. The van der Waals surface area contributed by atoms with Crippen molar-refractivity contribution in [2.45, 2.75) is 19.4 Å². The SMILES string of the molecule is Cc1cc2ccc(CCNCC(O)COc3ccccc3)cc2o1. The first-order valence-corrected chi connectivity index (χ1v) is 8.26. The monoisotopic (exact) mass is 325 g/mol. The van der Waals surface area contributed by atoms with Gasteiger partial charge < -0.3 is 19.6 Å². The zero-order chi connectivity index (χ0) is 16.8. The predicted molar refractivity (Wildman–Crippen MR) is 95.5 cm³/mol. The summed E-state index contributed by atoms with van der Waals surface area (Å²) in [4.78, 5) is 0. The Balaban J connectivity index is 1.38. The van der Waals surface area contributed by atoms with Crippen LogP contribution in [0.3, 0.4) is 0 Å². The van der Waals surface area contributed by atoms with E-state index in [1.807, 2.05) is 43.3 Å². The molecular weight excluding hydrogens is 302 g/mol. The van der Waals surface area contributed by atoms with Crippen molar-refractivity contribution in [2.75, 3.05) is 19.7 Å². The average molecular weight is 325 g/mol. The van der Waals surface area contributed by atoms with Crippen LogP contribution in [0.25, 0.3) is 11.0 Å². The summed E-state index contributed by atoms with van der Waals surface area (Å²) in [6.45, 7) is 3.55. The molecule has 0 amide bonds. The number of para-hydroxylation sites is 1. The average Bonchev–Trinajstić information content (AvgIpc) is 2.97. The van der Waals surface area contributed by atoms with Gasteiger partial charge in [0.25, 0.3) is 0 Å². The fourth-order valence-electron chi connectivity index (χ4n) is 2.63. The van der Waals surface area contributed by atoms with Crippen molar-refractivity contribution in [3.8, 4) is 5.75 Å². The highest BCUT2D eigenvalue weighted by molar-refractivity contribution is 5.78. The van der Waals surface area contributed by atoms with Crippen LogP contribution in [0.15, 0.2) is 59.0 Å². The first-order chi connectivity index (χ1) is 11.7. The summed E-state index contributed by atoms with van der Waals surface area (Å²) in [5, 5.41) is 14.3. The summed E-state index contributed by atoms with van der Waals surface area (Å²) < 4.78 is 11.2. The van der Waals surface area contributed by atoms with E-state index in [4.69, 9.17) is 9.15 Å². The number of ether oxygens (including phenoxy) is 1. The molecule has 0 aliphatic heterocycles. The molecule has 3 aromatic rings. The molecule has 0 bridgehead atoms. The molecule has 1 unspecified atom stereocenters. The molecule has 2 aromatic carbocycles. The summed E-state index contributed by atoms with van der Waals surface area (Å²) in [7, 11) is 0. The van der Waals surface area contributed by atoms with Gasteiger partial charge in [0.2, 0.25) is 0 Å². The molecule has 0 aliphatic rings. The maximum absolute atomic E-state index is 9.95. The van der Waals surface area contributed by atoms with Gasteiger partial charge in [0.15, 0.2) is 0 Å². The molecule has 3 rings (SSSR count). The Morgan fingerprint density at radius 1 is 1.12 bits per heavy atom. The summed E-state index contributed by atoms with van der Waals surface area (Å²) in [6, 6.07) is 17.9. The number of fused-ring (bicyclic) bond motifs is 1. The van der Waals surface area contributed by atoms with E-state index in [9.17, 15) is 5.11 Å². The maximum Gasteiger partial charge on any atom is 0.134 e. The third kappa shape index (κ3) is 4.60. The van der Waals surface area contributed by atoms with Crippen LogP contribution in [0.4, 0.5) is 0 Å². The lowest BCUT2D eigenvalue weighted by Gasteiger charge is -2.13. The zero-order valence-electron chi connectivity index (χ0n) is 13.9. The highest BCUT2D eigenvalue weighted by Gasteiger charge is 2.05. The third-order valence-corrected chi connectivity index (χ3v) is 3.86. The van der Waals surface area contributed by atoms with E-state index in [2.05, 4.69) is 23.5 Å². The summed E-state index contributed by atoms with van der Waals surface area (Å²) >= 11 is 0. The van der Waals surface area contributed by atoms with Crippen LogP contribution >= 0.6 is 0 Å². The third-order valence-electron chi connectivity index (χ3n) is 3.86. The number of aryl methyl sites for hydroxylation is 1. The second-order valence-corrected chi connectivity index (χ2v) is 5.96. The summed E-state index contributed by atoms with van der Waals surface area (Å²) in [5.41, 5.74) is 2.15. The van der Waals surface area contributed by atoms with Crippen molar-refractivity contribution < 1.29 is 14.3 Å². The van der Waals surface area contributed by atoms with Crippen LogP contribution in [0, 0.1) is 6.92 Å². The topological polar surface area (TPSA) is 54.6 Å². The van der Waals surface area contributed by atoms with Gasteiger partial charge in [-0.3, -0.25) is 0 Å². The van der Waals surface area contributed by atoms with Gasteiger partial charge in [0.05, 0.1) is 0 Å². The minimum Gasteiger partial charge on any atom is -0.491 e. The molecule has 1 heterocycles. The molecular formula is C20H23NO3. The minimum atomic E-state index is -0.527. The Morgan fingerprint density at radius 3 is 2.79 bits per heavy atom. The van der Waals surface area contributed by atoms with Crippen LogP contribution in [-0.2, 0) is 6.42 Å². The van der Waals surface area contributed by atoms with Gasteiger partial charge in [0.1, 0.15) is 29.8 Å². The predicted octanol–water partition coefficient (Wildman–Crippen LogP) is 3.31. The van der Waals surface area contributed by atoms with Crippen LogP contribution in [0.2, 0.25) is 0 Å². The van der Waals surface area contributed by atoms with Crippen molar-refractivity contribution in [1.82, 2.24) is 5.32 Å². The highest BCUT2D eigenvalue weighted by Crippen LogP contribution is 2.20. The molecule has 24 heavy (non-hydrogen) atoms. The van der Waals surface area contributed by atoms with Gasteiger partial charge in [0, 0.05) is 11.9 Å². The zero-order valence-corrected chi connectivity index (χ0v) is 13.9. The fourth-order valence-corrected chi connectivity index (χ4v) is 2.63. The van der Waals surface area contributed by atoms with Gasteiger partial charge >= 0.3 is 0 Å². The number of hydrogen-bond acceptors (Lipinski definition) is 4. The van der Waals surface area contributed by atoms with Gasteiger partial charge in [-0.25, -0.2) is 0 Å². The minimum absolute atomic E-state index is 0.286. The van der Waals surface area contributed by atoms with E-state index in [-0.39, 0.29) is 6.61 Å². The Bertz CT molecular complexity index is 767. The van der Waals surface area contributed by atoms with Gasteiger partial charge in [-0.2, -0.15) is 0 Å². The second-order valence-electron chi connectivity index (χ2n) is 5.96. The number of rotatable bonds is 8. The molecule has 1 aromatic heterocycles. The van der Waals surface area contributed by atoms with E-state index in [1.165, 1.54) is 5.56 Å². The van der Waals surface area contributed by atoms with Gasteiger partial charge in [-0.15, -0.1) is 0 Å². The molecule has 0 saturated carbocycles. The summed E-state index contributed by atoms with van der Waals surface area (Å²) in [5.74, 6) is 1.71. The van der Waals surface area contributed by atoms with Crippen LogP contribution < -0.4 is 10.1 Å².